The van der Waals surface area contributed by atoms with Crippen LogP contribution in [0.5, 0.6) is 11.5 Å². The monoisotopic (exact) mass is 336 g/mol. The number of hydrogen-bond donors (Lipinski definition) is 1. The van der Waals surface area contributed by atoms with E-state index in [4.69, 9.17) is 9.47 Å². The molecule has 1 heterocycles. The summed E-state index contributed by atoms with van der Waals surface area (Å²) in [5.41, 5.74) is 2.40. The molecule has 1 atom stereocenters. The third-order valence-electron chi connectivity index (χ3n) is 3.94. The van der Waals surface area contributed by atoms with Crippen LogP contribution in [-0.4, -0.2) is 28.9 Å². The normalized spacial score (nSPS) is 12.7. The van der Waals surface area contributed by atoms with Crippen molar-refractivity contribution >= 4 is 11.8 Å². The van der Waals surface area contributed by atoms with Gasteiger partial charge in [-0.3, -0.25) is 0 Å². The zero-order valence-electron chi connectivity index (χ0n) is 14.2. The average molecular weight is 336 g/mol. The van der Waals surface area contributed by atoms with Gasteiger partial charge in [-0.2, -0.15) is 0 Å². The summed E-state index contributed by atoms with van der Waals surface area (Å²) in [6.45, 7) is 0. The van der Waals surface area contributed by atoms with Crippen molar-refractivity contribution in [2.24, 2.45) is 0 Å². The van der Waals surface area contributed by atoms with Crippen molar-refractivity contribution in [3.05, 3.63) is 78.4 Å². The second-order valence-corrected chi connectivity index (χ2v) is 5.48. The number of hydrogen-bond acceptors (Lipinski definition) is 4. The Morgan fingerprint density at radius 3 is 2.48 bits per heavy atom. The first-order valence-electron chi connectivity index (χ1n) is 7.87. The summed E-state index contributed by atoms with van der Waals surface area (Å²) in [7, 11) is 3.16. The molecule has 5 nitrogen and oxygen atoms in total. The SMILES string of the molecule is COc1ccc(C(O)/C(=C/n2ccnc2)c2ccccc2)cc1OC. The van der Waals surface area contributed by atoms with Gasteiger partial charge in [0.25, 0.3) is 0 Å². The minimum Gasteiger partial charge on any atom is -0.493 e. The molecule has 0 saturated carbocycles. The van der Waals surface area contributed by atoms with Crippen LogP contribution < -0.4 is 9.47 Å². The molecular formula is C20H20N2O3. The van der Waals surface area contributed by atoms with Gasteiger partial charge < -0.3 is 19.1 Å². The van der Waals surface area contributed by atoms with Gasteiger partial charge in [0, 0.05) is 24.2 Å². The Morgan fingerprint density at radius 1 is 1.08 bits per heavy atom. The van der Waals surface area contributed by atoms with Crippen LogP contribution in [0.25, 0.3) is 11.8 Å². The summed E-state index contributed by atoms with van der Waals surface area (Å²) in [4.78, 5) is 4.05. The summed E-state index contributed by atoms with van der Waals surface area (Å²) >= 11 is 0. The van der Waals surface area contributed by atoms with Crippen LogP contribution in [0, 0.1) is 0 Å². The Labute approximate surface area is 146 Å². The van der Waals surface area contributed by atoms with Gasteiger partial charge in [0.15, 0.2) is 11.5 Å². The molecule has 0 fully saturated rings. The standard InChI is InChI=1S/C20H20N2O3/c1-24-18-9-8-16(12-19(18)25-2)20(23)17(13-22-11-10-21-14-22)15-6-4-3-5-7-15/h3-14,20,23H,1-2H3/b17-13+. The lowest BCUT2D eigenvalue weighted by molar-refractivity contribution is 0.237. The van der Waals surface area contributed by atoms with Crippen LogP contribution >= 0.6 is 0 Å². The molecule has 0 spiro atoms. The van der Waals surface area contributed by atoms with Gasteiger partial charge in [0.2, 0.25) is 0 Å². The van der Waals surface area contributed by atoms with Crippen molar-refractivity contribution < 1.29 is 14.6 Å². The molecule has 5 heteroatoms. The van der Waals surface area contributed by atoms with Crippen LogP contribution in [0.3, 0.4) is 0 Å². The topological polar surface area (TPSA) is 56.5 Å². The van der Waals surface area contributed by atoms with E-state index in [1.807, 2.05) is 53.4 Å². The minimum atomic E-state index is -0.829. The first-order valence-corrected chi connectivity index (χ1v) is 7.87. The quantitative estimate of drug-likeness (QED) is 0.747. The van der Waals surface area contributed by atoms with E-state index in [0.717, 1.165) is 11.1 Å². The Morgan fingerprint density at radius 2 is 1.84 bits per heavy atom. The van der Waals surface area contributed by atoms with Crippen LogP contribution in [0.15, 0.2) is 67.3 Å². The third-order valence-corrected chi connectivity index (χ3v) is 3.94. The first kappa shape index (κ1) is 16.8. The largest absolute Gasteiger partial charge is 0.493 e. The van der Waals surface area contributed by atoms with E-state index in [1.54, 1.807) is 38.9 Å². The molecule has 1 aromatic heterocycles. The molecule has 0 aliphatic carbocycles. The number of ether oxygens (including phenoxy) is 2. The number of rotatable bonds is 6. The fourth-order valence-corrected chi connectivity index (χ4v) is 2.64. The summed E-state index contributed by atoms with van der Waals surface area (Å²) < 4.78 is 12.4. The molecular weight excluding hydrogens is 316 g/mol. The Hall–Kier alpha value is -3.05. The fourth-order valence-electron chi connectivity index (χ4n) is 2.64. The van der Waals surface area contributed by atoms with Crippen molar-refractivity contribution in [2.75, 3.05) is 14.2 Å². The molecule has 0 radical (unpaired) electrons. The smallest absolute Gasteiger partial charge is 0.161 e. The minimum absolute atomic E-state index is 0.578. The molecule has 0 saturated heterocycles. The number of aliphatic hydroxyl groups excluding tert-OH is 1. The third kappa shape index (κ3) is 3.72. The highest BCUT2D eigenvalue weighted by Crippen LogP contribution is 2.35. The predicted octanol–water partition coefficient (Wildman–Crippen LogP) is 3.63. The Balaban J connectivity index is 2.04. The maximum Gasteiger partial charge on any atom is 0.161 e. The lowest BCUT2D eigenvalue weighted by Crippen LogP contribution is -2.03. The van der Waals surface area contributed by atoms with Crippen molar-refractivity contribution in [1.29, 1.82) is 0 Å². The number of imidazole rings is 1. The highest BCUT2D eigenvalue weighted by Gasteiger charge is 2.18. The molecule has 0 bridgehead atoms. The van der Waals surface area contributed by atoms with E-state index >= 15 is 0 Å². The van der Waals surface area contributed by atoms with Gasteiger partial charge in [-0.25, -0.2) is 4.98 Å². The zero-order chi connectivity index (χ0) is 17.6. The lowest BCUT2D eigenvalue weighted by atomic mass is 9.95. The van der Waals surface area contributed by atoms with E-state index in [9.17, 15) is 5.11 Å². The van der Waals surface area contributed by atoms with E-state index in [2.05, 4.69) is 4.98 Å². The maximum absolute atomic E-state index is 11.0. The molecule has 0 aliphatic heterocycles. The highest BCUT2D eigenvalue weighted by molar-refractivity contribution is 5.79. The van der Waals surface area contributed by atoms with E-state index in [0.29, 0.717) is 17.1 Å². The van der Waals surface area contributed by atoms with Crippen molar-refractivity contribution in [1.82, 2.24) is 9.55 Å². The van der Waals surface area contributed by atoms with Crippen molar-refractivity contribution in [2.45, 2.75) is 6.10 Å². The van der Waals surface area contributed by atoms with Gasteiger partial charge >= 0.3 is 0 Å². The van der Waals surface area contributed by atoms with E-state index in [-0.39, 0.29) is 0 Å². The summed E-state index contributed by atoms with van der Waals surface area (Å²) in [5.74, 6) is 1.20. The average Bonchev–Trinajstić information content (AvgIpc) is 3.19. The van der Waals surface area contributed by atoms with Crippen molar-refractivity contribution in [3.8, 4) is 11.5 Å². The molecule has 3 rings (SSSR count). The first-order chi connectivity index (χ1) is 12.2. The summed E-state index contributed by atoms with van der Waals surface area (Å²) in [5, 5.41) is 11.0. The highest BCUT2D eigenvalue weighted by atomic mass is 16.5. The summed E-state index contributed by atoms with van der Waals surface area (Å²) in [6, 6.07) is 15.2. The molecule has 0 amide bonds. The van der Waals surface area contributed by atoms with Crippen LogP contribution in [-0.2, 0) is 0 Å². The Kier molecular flexibility index (Phi) is 5.16. The van der Waals surface area contributed by atoms with E-state index < -0.39 is 6.10 Å². The number of benzene rings is 2. The second-order valence-electron chi connectivity index (χ2n) is 5.48. The van der Waals surface area contributed by atoms with Crippen molar-refractivity contribution in [3.63, 3.8) is 0 Å². The molecule has 1 N–H and O–H groups in total. The van der Waals surface area contributed by atoms with Crippen LogP contribution in [0.1, 0.15) is 17.2 Å². The van der Waals surface area contributed by atoms with Gasteiger partial charge in [-0.15, -0.1) is 0 Å². The summed E-state index contributed by atoms with van der Waals surface area (Å²) in [6.07, 6.45) is 6.24. The second kappa shape index (κ2) is 7.68. The number of methoxy groups -OCH3 is 2. The predicted molar refractivity (Wildman–Crippen MR) is 97.3 cm³/mol. The molecule has 3 aromatic rings. The van der Waals surface area contributed by atoms with Gasteiger partial charge in [0.05, 0.1) is 20.5 Å². The van der Waals surface area contributed by atoms with Crippen LogP contribution in [0.2, 0.25) is 0 Å². The molecule has 25 heavy (non-hydrogen) atoms. The fraction of sp³-hybridized carbons (Fsp3) is 0.150. The van der Waals surface area contributed by atoms with Gasteiger partial charge in [-0.05, 0) is 23.3 Å². The maximum atomic E-state index is 11.0. The van der Waals surface area contributed by atoms with E-state index in [1.165, 1.54) is 0 Å². The number of aromatic nitrogens is 2. The van der Waals surface area contributed by atoms with Crippen LogP contribution in [0.4, 0.5) is 0 Å². The molecule has 1 unspecified atom stereocenters. The Bertz CT molecular complexity index is 843. The van der Waals surface area contributed by atoms with Gasteiger partial charge in [-0.1, -0.05) is 36.4 Å². The number of nitrogens with zero attached hydrogens (tertiary/aromatic N) is 2. The lowest BCUT2D eigenvalue weighted by Gasteiger charge is -2.18. The molecule has 0 aliphatic rings. The van der Waals surface area contributed by atoms with Gasteiger partial charge in [0.1, 0.15) is 6.10 Å². The number of aliphatic hydroxyl groups is 1. The zero-order valence-corrected chi connectivity index (χ0v) is 14.2. The molecule has 2 aromatic carbocycles. The molecule has 128 valence electrons.